The highest BCUT2D eigenvalue weighted by Gasteiger charge is 2.37. The van der Waals surface area contributed by atoms with E-state index in [0.29, 0.717) is 67.7 Å². The number of alkyl halides is 6. The lowest BCUT2D eigenvalue weighted by molar-refractivity contribution is -0.143. The van der Waals surface area contributed by atoms with Crippen molar-refractivity contribution in [2.24, 2.45) is 0 Å². The summed E-state index contributed by atoms with van der Waals surface area (Å²) in [4.78, 5) is 20.5. The SMILES string of the molecule is N#Cc1cc(-c2cc(-c3ccccc3)nc(-c3ccccc3)n2)c(-n2c3ccccc3c3ccc(-c4cc(C(F)(F)F)cc(C(F)(F)F)c4)cc32)c(-c2cc(-c3ccccc3)nc(-c3ccccc3)n2)c1. The molecule has 11 rings (SSSR count). The van der Waals surface area contributed by atoms with Crippen LogP contribution in [0.2, 0.25) is 0 Å². The number of halogens is 6. The van der Waals surface area contributed by atoms with E-state index in [1.165, 1.54) is 6.07 Å². The first kappa shape index (κ1) is 44.3. The van der Waals surface area contributed by atoms with Gasteiger partial charge >= 0.3 is 12.4 Å². The standard InChI is InChI=1S/C59H34F6N6/c60-58(61,62)43-29-42(30-44(32-43)59(63,64)65)41-25-26-46-45-23-13-14-24-53(45)71(54(46)31-41)55-47(51-33-49(37-15-5-1-6-16-37)67-56(69-51)39-19-9-3-10-20-39)27-36(35-66)28-48(55)52-34-50(38-17-7-2-8-18-38)68-57(70-52)40-21-11-4-12-22-40/h1-34H. The highest BCUT2D eigenvalue weighted by Crippen LogP contribution is 2.45. The number of hydrogen-bond donors (Lipinski definition) is 0. The van der Waals surface area contributed by atoms with Crippen molar-refractivity contribution in [3.8, 4) is 90.7 Å². The van der Waals surface area contributed by atoms with Crippen molar-refractivity contribution in [3.05, 3.63) is 223 Å². The lowest BCUT2D eigenvalue weighted by atomic mass is 9.95. The molecule has 0 amide bonds. The van der Waals surface area contributed by atoms with Gasteiger partial charge in [-0.05, 0) is 65.7 Å². The van der Waals surface area contributed by atoms with E-state index in [0.717, 1.165) is 39.8 Å². The molecule has 0 fully saturated rings. The number of fused-ring (bicyclic) bond motifs is 3. The van der Waals surface area contributed by atoms with Crippen molar-refractivity contribution in [2.45, 2.75) is 12.4 Å². The molecule has 12 heteroatoms. The second-order valence-corrected chi connectivity index (χ2v) is 16.8. The van der Waals surface area contributed by atoms with E-state index in [-0.39, 0.29) is 22.8 Å². The summed E-state index contributed by atoms with van der Waals surface area (Å²) in [7, 11) is 0. The van der Waals surface area contributed by atoms with Gasteiger partial charge in [0.05, 0.1) is 62.3 Å². The summed E-state index contributed by atoms with van der Waals surface area (Å²) in [5.41, 5.74) is 4.74. The van der Waals surface area contributed by atoms with Crippen LogP contribution in [0.5, 0.6) is 0 Å². The molecule has 3 heterocycles. The summed E-state index contributed by atoms with van der Waals surface area (Å²) in [5.74, 6) is 0.789. The zero-order valence-electron chi connectivity index (χ0n) is 37.1. The molecule has 6 nitrogen and oxygen atoms in total. The molecule has 0 atom stereocenters. The van der Waals surface area contributed by atoms with E-state index < -0.39 is 23.5 Å². The Kier molecular flexibility index (Phi) is 11.0. The second-order valence-electron chi connectivity index (χ2n) is 16.8. The Morgan fingerprint density at radius 2 is 0.789 bits per heavy atom. The maximum Gasteiger partial charge on any atom is 0.416 e. The van der Waals surface area contributed by atoms with Gasteiger partial charge in [-0.1, -0.05) is 152 Å². The Morgan fingerprint density at radius 1 is 0.366 bits per heavy atom. The minimum Gasteiger partial charge on any atom is -0.308 e. The first-order chi connectivity index (χ1) is 34.4. The molecule has 0 aliphatic heterocycles. The number of benzene rings is 8. The molecule has 0 bridgehead atoms. The van der Waals surface area contributed by atoms with E-state index in [1.54, 1.807) is 24.3 Å². The largest absolute Gasteiger partial charge is 0.416 e. The van der Waals surface area contributed by atoms with Gasteiger partial charge in [0.2, 0.25) is 0 Å². The lowest BCUT2D eigenvalue weighted by Gasteiger charge is -2.21. The van der Waals surface area contributed by atoms with E-state index in [9.17, 15) is 31.6 Å². The first-order valence-corrected chi connectivity index (χ1v) is 22.3. The first-order valence-electron chi connectivity index (χ1n) is 22.3. The van der Waals surface area contributed by atoms with Crippen LogP contribution in [0.3, 0.4) is 0 Å². The number of rotatable bonds is 8. The van der Waals surface area contributed by atoms with E-state index in [4.69, 9.17) is 19.9 Å². The van der Waals surface area contributed by atoms with Crippen LogP contribution in [0.25, 0.3) is 106 Å². The molecule has 0 saturated carbocycles. The maximum absolute atomic E-state index is 14.3. The summed E-state index contributed by atoms with van der Waals surface area (Å²) in [6, 6.07) is 61.5. The van der Waals surface area contributed by atoms with Gasteiger partial charge in [0.15, 0.2) is 11.6 Å². The van der Waals surface area contributed by atoms with E-state index in [2.05, 4.69) is 6.07 Å². The van der Waals surface area contributed by atoms with E-state index >= 15 is 0 Å². The number of aromatic nitrogens is 5. The van der Waals surface area contributed by atoms with Crippen LogP contribution in [0.4, 0.5) is 26.3 Å². The molecule has 0 aliphatic carbocycles. The Bertz CT molecular complexity index is 3550. The molecule has 0 N–H and O–H groups in total. The molecule has 342 valence electrons. The van der Waals surface area contributed by atoms with Crippen LogP contribution in [-0.4, -0.2) is 24.5 Å². The summed E-state index contributed by atoms with van der Waals surface area (Å²) >= 11 is 0. The van der Waals surface area contributed by atoms with Gasteiger partial charge in [-0.15, -0.1) is 0 Å². The van der Waals surface area contributed by atoms with Gasteiger partial charge in [0.1, 0.15) is 0 Å². The Labute approximate surface area is 402 Å². The third kappa shape index (κ3) is 8.55. The fourth-order valence-electron chi connectivity index (χ4n) is 8.96. The van der Waals surface area contributed by atoms with E-state index in [1.807, 2.05) is 162 Å². The number of para-hydroxylation sites is 1. The third-order valence-electron chi connectivity index (χ3n) is 12.3. The van der Waals surface area contributed by atoms with Gasteiger partial charge in [0, 0.05) is 44.2 Å². The molecule has 0 spiro atoms. The molecule has 0 unspecified atom stereocenters. The predicted molar refractivity (Wildman–Crippen MR) is 265 cm³/mol. The summed E-state index contributed by atoms with van der Waals surface area (Å²) in [5, 5.41) is 12.3. The fraction of sp³-hybridized carbons (Fsp3) is 0.0339. The van der Waals surface area contributed by atoms with Crippen molar-refractivity contribution in [2.75, 3.05) is 0 Å². The normalized spacial score (nSPS) is 11.8. The number of hydrogen-bond acceptors (Lipinski definition) is 5. The Morgan fingerprint density at radius 3 is 1.25 bits per heavy atom. The number of nitrogens with zero attached hydrogens (tertiary/aromatic N) is 6. The van der Waals surface area contributed by atoms with Crippen LogP contribution in [0.15, 0.2) is 206 Å². The van der Waals surface area contributed by atoms with Crippen LogP contribution in [-0.2, 0) is 12.4 Å². The second kappa shape index (κ2) is 17.7. The summed E-state index contributed by atoms with van der Waals surface area (Å²) < 4.78 is 87.9. The highest BCUT2D eigenvalue weighted by molar-refractivity contribution is 6.11. The van der Waals surface area contributed by atoms with Gasteiger partial charge in [-0.2, -0.15) is 31.6 Å². The molecule has 0 aliphatic rings. The third-order valence-corrected chi connectivity index (χ3v) is 12.3. The lowest BCUT2D eigenvalue weighted by Crippen LogP contribution is -2.11. The topological polar surface area (TPSA) is 80.3 Å². The molecule has 11 aromatic rings. The molecule has 71 heavy (non-hydrogen) atoms. The minimum absolute atomic E-state index is 0.106. The number of nitriles is 1. The summed E-state index contributed by atoms with van der Waals surface area (Å²) in [6.45, 7) is 0. The van der Waals surface area contributed by atoms with Gasteiger partial charge in [-0.25, -0.2) is 19.9 Å². The van der Waals surface area contributed by atoms with Crippen molar-refractivity contribution in [1.29, 1.82) is 5.26 Å². The molecular weight excluding hydrogens is 907 g/mol. The Balaban J connectivity index is 1.29. The van der Waals surface area contributed by atoms with Crippen LogP contribution in [0.1, 0.15) is 16.7 Å². The molecule has 8 aromatic carbocycles. The minimum atomic E-state index is -5.06. The van der Waals surface area contributed by atoms with Crippen molar-refractivity contribution >= 4 is 21.8 Å². The van der Waals surface area contributed by atoms with Crippen molar-refractivity contribution in [3.63, 3.8) is 0 Å². The Hall–Kier alpha value is -9.21. The highest BCUT2D eigenvalue weighted by atomic mass is 19.4. The molecule has 0 saturated heterocycles. The van der Waals surface area contributed by atoms with Crippen LogP contribution < -0.4 is 0 Å². The zero-order chi connectivity index (χ0) is 48.9. The predicted octanol–water partition coefficient (Wildman–Crippen LogP) is 15.9. The smallest absolute Gasteiger partial charge is 0.308 e. The van der Waals surface area contributed by atoms with Crippen molar-refractivity contribution in [1.82, 2.24) is 24.5 Å². The monoisotopic (exact) mass is 940 g/mol. The molecular formula is C59H34F6N6. The van der Waals surface area contributed by atoms with Gasteiger partial charge in [0.25, 0.3) is 0 Å². The fourth-order valence-corrected chi connectivity index (χ4v) is 8.96. The average Bonchev–Trinajstić information content (AvgIpc) is 3.73. The maximum atomic E-state index is 14.3. The average molecular weight is 941 g/mol. The van der Waals surface area contributed by atoms with Crippen LogP contribution >= 0.6 is 0 Å². The van der Waals surface area contributed by atoms with Gasteiger partial charge in [-0.3, -0.25) is 0 Å². The summed E-state index contributed by atoms with van der Waals surface area (Å²) in [6.07, 6.45) is -10.1. The quantitative estimate of drug-likeness (QED) is 0.142. The molecule has 0 radical (unpaired) electrons. The molecule has 3 aromatic heterocycles. The van der Waals surface area contributed by atoms with Crippen LogP contribution in [0, 0.1) is 11.3 Å². The zero-order valence-corrected chi connectivity index (χ0v) is 37.1. The van der Waals surface area contributed by atoms with Crippen molar-refractivity contribution < 1.29 is 26.3 Å². The van der Waals surface area contributed by atoms with Gasteiger partial charge < -0.3 is 4.57 Å².